The maximum atomic E-state index is 12.4. The Morgan fingerprint density at radius 3 is 3.00 bits per heavy atom. The first-order chi connectivity index (χ1) is 13.2. The highest BCUT2D eigenvalue weighted by Crippen LogP contribution is 2.28. The molecule has 0 fully saturated rings. The van der Waals surface area contributed by atoms with E-state index in [4.69, 9.17) is 4.74 Å². The minimum absolute atomic E-state index is 0.0194. The molecule has 1 aromatic heterocycles. The molecule has 0 radical (unpaired) electrons. The molecular formula is C20H26N4O2S. The molecule has 27 heavy (non-hydrogen) atoms. The Morgan fingerprint density at radius 1 is 1.37 bits per heavy atom. The van der Waals surface area contributed by atoms with Gasteiger partial charge in [0, 0.05) is 6.54 Å². The summed E-state index contributed by atoms with van der Waals surface area (Å²) in [7, 11) is 1.63. The second-order valence-corrected chi connectivity index (χ2v) is 7.87. The van der Waals surface area contributed by atoms with Gasteiger partial charge in [-0.25, -0.2) is 0 Å². The molecule has 7 heteroatoms. The van der Waals surface area contributed by atoms with Gasteiger partial charge in [0.25, 0.3) is 0 Å². The Hall–Kier alpha value is -2.28. The van der Waals surface area contributed by atoms with Gasteiger partial charge in [-0.2, -0.15) is 0 Å². The molecule has 0 aliphatic heterocycles. The Bertz CT molecular complexity index is 803. The summed E-state index contributed by atoms with van der Waals surface area (Å²) in [4.78, 5) is 12.4. The zero-order valence-electron chi connectivity index (χ0n) is 15.9. The van der Waals surface area contributed by atoms with Crippen molar-refractivity contribution in [1.29, 1.82) is 0 Å². The van der Waals surface area contributed by atoms with Crippen LogP contribution in [0.5, 0.6) is 5.75 Å². The van der Waals surface area contributed by atoms with Crippen molar-refractivity contribution in [2.45, 2.75) is 49.4 Å². The van der Waals surface area contributed by atoms with E-state index in [0.717, 1.165) is 17.9 Å². The monoisotopic (exact) mass is 386 g/mol. The zero-order chi connectivity index (χ0) is 19.1. The van der Waals surface area contributed by atoms with Crippen molar-refractivity contribution < 1.29 is 9.53 Å². The van der Waals surface area contributed by atoms with E-state index in [1.807, 2.05) is 35.8 Å². The van der Waals surface area contributed by atoms with Crippen LogP contribution in [-0.4, -0.2) is 39.6 Å². The number of allylic oxidation sites excluding steroid dienone is 1. The van der Waals surface area contributed by atoms with E-state index in [0.29, 0.717) is 11.7 Å². The number of hydrogen-bond acceptors (Lipinski definition) is 5. The summed E-state index contributed by atoms with van der Waals surface area (Å²) in [6.45, 7) is 2.58. The van der Waals surface area contributed by atoms with E-state index in [1.54, 1.807) is 13.4 Å². The van der Waals surface area contributed by atoms with Crippen LogP contribution in [-0.2, 0) is 4.79 Å². The largest absolute Gasteiger partial charge is 0.495 e. The highest BCUT2D eigenvalue weighted by atomic mass is 32.2. The second kappa shape index (κ2) is 9.60. The van der Waals surface area contributed by atoms with E-state index in [1.165, 1.54) is 43.0 Å². The van der Waals surface area contributed by atoms with Crippen LogP contribution < -0.4 is 10.1 Å². The van der Waals surface area contributed by atoms with Crippen molar-refractivity contribution in [3.63, 3.8) is 0 Å². The van der Waals surface area contributed by atoms with E-state index < -0.39 is 0 Å². The first-order valence-electron chi connectivity index (χ1n) is 9.34. The third-order valence-electron chi connectivity index (χ3n) is 4.64. The smallest absolute Gasteiger partial charge is 0.233 e. The van der Waals surface area contributed by atoms with E-state index in [-0.39, 0.29) is 11.2 Å². The Labute approximate surface area is 164 Å². The first kappa shape index (κ1) is 19.5. The molecule has 0 spiro atoms. The highest BCUT2D eigenvalue weighted by molar-refractivity contribution is 8.00. The molecule has 1 heterocycles. The van der Waals surface area contributed by atoms with Gasteiger partial charge in [-0.3, -0.25) is 9.36 Å². The number of nitrogens with one attached hydrogen (secondary N) is 1. The number of benzene rings is 1. The number of hydrogen-bond donors (Lipinski definition) is 1. The molecule has 1 unspecified atom stereocenters. The lowest BCUT2D eigenvalue weighted by molar-refractivity contribution is -0.120. The van der Waals surface area contributed by atoms with Crippen molar-refractivity contribution in [3.8, 4) is 11.4 Å². The Balaban J connectivity index is 1.58. The summed E-state index contributed by atoms with van der Waals surface area (Å²) >= 11 is 1.39. The fourth-order valence-electron chi connectivity index (χ4n) is 3.13. The van der Waals surface area contributed by atoms with E-state index in [2.05, 4.69) is 21.6 Å². The van der Waals surface area contributed by atoms with Gasteiger partial charge in [0.2, 0.25) is 5.91 Å². The van der Waals surface area contributed by atoms with Crippen molar-refractivity contribution in [2.24, 2.45) is 0 Å². The third kappa shape index (κ3) is 5.13. The number of aromatic nitrogens is 3. The summed E-state index contributed by atoms with van der Waals surface area (Å²) in [6.07, 6.45) is 9.81. The standard InChI is InChI=1S/C20H26N4O2S/c1-15(19(25)21-13-12-16-8-4-3-5-9-16)27-20-23-22-14-24(20)17-10-6-7-11-18(17)26-2/h6-8,10-11,14-15H,3-5,9,12-13H2,1-2H3,(H,21,25). The summed E-state index contributed by atoms with van der Waals surface area (Å²) < 4.78 is 7.26. The van der Waals surface area contributed by atoms with E-state index >= 15 is 0 Å². The predicted octanol–water partition coefficient (Wildman–Crippen LogP) is 3.76. The van der Waals surface area contributed by atoms with Gasteiger partial charge < -0.3 is 10.1 Å². The van der Waals surface area contributed by atoms with Gasteiger partial charge in [0.05, 0.1) is 18.0 Å². The molecule has 0 saturated carbocycles. The number of rotatable bonds is 8. The molecule has 6 nitrogen and oxygen atoms in total. The number of methoxy groups -OCH3 is 1. The fourth-order valence-corrected chi connectivity index (χ4v) is 3.99. The van der Waals surface area contributed by atoms with Gasteiger partial charge in [0.15, 0.2) is 5.16 Å². The van der Waals surface area contributed by atoms with Crippen molar-refractivity contribution in [2.75, 3.05) is 13.7 Å². The molecule has 3 rings (SSSR count). The lowest BCUT2D eigenvalue weighted by Gasteiger charge is -2.15. The minimum Gasteiger partial charge on any atom is -0.495 e. The van der Waals surface area contributed by atoms with Gasteiger partial charge >= 0.3 is 0 Å². The molecule has 1 aliphatic carbocycles. The molecule has 1 N–H and O–H groups in total. The van der Waals surface area contributed by atoms with Crippen molar-refractivity contribution in [1.82, 2.24) is 20.1 Å². The number of nitrogens with zero attached hydrogens (tertiary/aromatic N) is 3. The van der Waals surface area contributed by atoms with Crippen molar-refractivity contribution in [3.05, 3.63) is 42.2 Å². The van der Waals surface area contributed by atoms with E-state index in [9.17, 15) is 4.79 Å². The van der Waals surface area contributed by atoms with Crippen LogP contribution in [0.1, 0.15) is 39.0 Å². The van der Waals surface area contributed by atoms with Crippen LogP contribution in [0, 0.1) is 0 Å². The number of amides is 1. The maximum Gasteiger partial charge on any atom is 0.233 e. The van der Waals surface area contributed by atoms with Crippen LogP contribution >= 0.6 is 11.8 Å². The molecule has 0 saturated heterocycles. The lowest BCUT2D eigenvalue weighted by Crippen LogP contribution is -2.32. The average molecular weight is 387 g/mol. The molecule has 144 valence electrons. The molecular weight excluding hydrogens is 360 g/mol. The Kier molecular flexibility index (Phi) is 6.92. The second-order valence-electron chi connectivity index (χ2n) is 6.56. The normalized spacial score (nSPS) is 15.1. The van der Waals surface area contributed by atoms with Crippen LogP contribution in [0.2, 0.25) is 0 Å². The Morgan fingerprint density at radius 2 is 2.22 bits per heavy atom. The molecule has 1 aliphatic rings. The highest BCUT2D eigenvalue weighted by Gasteiger charge is 2.19. The maximum absolute atomic E-state index is 12.4. The van der Waals surface area contributed by atoms with Gasteiger partial charge in [-0.05, 0) is 51.2 Å². The number of ether oxygens (including phenoxy) is 1. The number of thioether (sulfide) groups is 1. The van der Waals surface area contributed by atoms with Crippen LogP contribution in [0.3, 0.4) is 0 Å². The van der Waals surface area contributed by atoms with Crippen LogP contribution in [0.15, 0.2) is 47.4 Å². The predicted molar refractivity (Wildman–Crippen MR) is 107 cm³/mol. The zero-order valence-corrected chi connectivity index (χ0v) is 16.7. The SMILES string of the molecule is COc1ccccc1-n1cnnc1SC(C)C(=O)NCCC1=CCCCC1. The molecule has 0 bridgehead atoms. The lowest BCUT2D eigenvalue weighted by atomic mass is 9.97. The topological polar surface area (TPSA) is 69.0 Å². The number of carbonyl (C=O) groups is 1. The number of carbonyl (C=O) groups excluding carboxylic acids is 1. The third-order valence-corrected chi connectivity index (χ3v) is 5.70. The molecule has 1 aromatic carbocycles. The molecule has 1 amide bonds. The summed E-state index contributed by atoms with van der Waals surface area (Å²) in [5, 5.41) is 11.6. The fraction of sp³-hybridized carbons (Fsp3) is 0.450. The van der Waals surface area contributed by atoms with Gasteiger partial charge in [-0.1, -0.05) is 35.5 Å². The molecule has 2 aromatic rings. The average Bonchev–Trinajstić information content (AvgIpc) is 3.16. The summed E-state index contributed by atoms with van der Waals surface area (Å²) in [5.74, 6) is 0.753. The van der Waals surface area contributed by atoms with Crippen LogP contribution in [0.4, 0.5) is 0 Å². The number of para-hydroxylation sites is 2. The first-order valence-corrected chi connectivity index (χ1v) is 10.2. The van der Waals surface area contributed by atoms with Gasteiger partial charge in [0.1, 0.15) is 12.1 Å². The summed E-state index contributed by atoms with van der Waals surface area (Å²) in [5.41, 5.74) is 2.32. The van der Waals surface area contributed by atoms with Crippen LogP contribution in [0.25, 0.3) is 5.69 Å². The van der Waals surface area contributed by atoms with Gasteiger partial charge in [-0.15, -0.1) is 10.2 Å². The quantitative estimate of drug-likeness (QED) is 0.553. The minimum atomic E-state index is -0.261. The summed E-state index contributed by atoms with van der Waals surface area (Å²) in [6, 6.07) is 7.68. The molecule has 1 atom stereocenters. The van der Waals surface area contributed by atoms with Crippen molar-refractivity contribution >= 4 is 17.7 Å².